The Kier molecular flexibility index (Phi) is 13.2. The van der Waals surface area contributed by atoms with Gasteiger partial charge in [0, 0.05) is 13.0 Å². The lowest BCUT2D eigenvalue weighted by molar-refractivity contribution is -0.137. The summed E-state index contributed by atoms with van der Waals surface area (Å²) >= 11 is 0. The molecule has 0 spiro atoms. The van der Waals surface area contributed by atoms with E-state index in [9.17, 15) is 9.59 Å². The number of rotatable bonds is 13. The SMILES string of the molecule is CC=CC(=O)NCCCCCCCCCCCC(=O)O. The van der Waals surface area contributed by atoms with E-state index < -0.39 is 5.97 Å². The van der Waals surface area contributed by atoms with E-state index in [0.29, 0.717) is 6.42 Å². The number of hydrogen-bond acceptors (Lipinski definition) is 2. The molecule has 20 heavy (non-hydrogen) atoms. The molecule has 0 aromatic carbocycles. The lowest BCUT2D eigenvalue weighted by Gasteiger charge is -2.03. The fourth-order valence-electron chi connectivity index (χ4n) is 2.06. The van der Waals surface area contributed by atoms with Crippen molar-refractivity contribution in [3.63, 3.8) is 0 Å². The Bertz CT molecular complexity index is 287. The molecular formula is C16H29NO3. The minimum absolute atomic E-state index is 0.00568. The molecule has 1 amide bonds. The van der Waals surface area contributed by atoms with E-state index in [-0.39, 0.29) is 5.91 Å². The molecule has 0 aromatic rings. The highest BCUT2D eigenvalue weighted by Crippen LogP contribution is 2.10. The molecule has 0 fully saturated rings. The molecule has 0 aliphatic rings. The van der Waals surface area contributed by atoms with Crippen LogP contribution in [0.2, 0.25) is 0 Å². The molecule has 0 unspecified atom stereocenters. The second-order valence-electron chi connectivity index (χ2n) is 5.12. The fourth-order valence-corrected chi connectivity index (χ4v) is 2.06. The summed E-state index contributed by atoms with van der Waals surface area (Å²) in [7, 11) is 0. The van der Waals surface area contributed by atoms with E-state index in [1.165, 1.54) is 25.7 Å². The largest absolute Gasteiger partial charge is 0.481 e. The van der Waals surface area contributed by atoms with Crippen molar-refractivity contribution in [2.45, 2.75) is 71.1 Å². The van der Waals surface area contributed by atoms with Crippen LogP contribution in [0.15, 0.2) is 12.2 Å². The number of unbranched alkanes of at least 4 members (excludes halogenated alkanes) is 8. The maximum absolute atomic E-state index is 11.1. The van der Waals surface area contributed by atoms with Crippen molar-refractivity contribution in [1.29, 1.82) is 0 Å². The fraction of sp³-hybridized carbons (Fsp3) is 0.750. The van der Waals surface area contributed by atoms with Gasteiger partial charge in [0.2, 0.25) is 5.91 Å². The number of allylic oxidation sites excluding steroid dienone is 1. The Labute approximate surface area is 122 Å². The Morgan fingerprint density at radius 1 is 0.900 bits per heavy atom. The van der Waals surface area contributed by atoms with Crippen LogP contribution in [0.1, 0.15) is 71.1 Å². The minimum Gasteiger partial charge on any atom is -0.481 e. The Hall–Kier alpha value is -1.32. The molecule has 0 heterocycles. The molecule has 0 bridgehead atoms. The molecule has 0 aliphatic heterocycles. The van der Waals surface area contributed by atoms with Crippen molar-refractivity contribution in [2.24, 2.45) is 0 Å². The van der Waals surface area contributed by atoms with E-state index in [4.69, 9.17) is 5.11 Å². The topological polar surface area (TPSA) is 66.4 Å². The minimum atomic E-state index is -0.688. The third-order valence-electron chi connectivity index (χ3n) is 3.18. The highest BCUT2D eigenvalue weighted by atomic mass is 16.4. The van der Waals surface area contributed by atoms with Crippen LogP contribution in [-0.4, -0.2) is 23.5 Å². The van der Waals surface area contributed by atoms with E-state index >= 15 is 0 Å². The second kappa shape index (κ2) is 14.1. The first-order chi connectivity index (χ1) is 9.66. The molecule has 2 N–H and O–H groups in total. The summed E-state index contributed by atoms with van der Waals surface area (Å²) in [6.07, 6.45) is 13.7. The van der Waals surface area contributed by atoms with Crippen LogP contribution in [-0.2, 0) is 9.59 Å². The molecule has 0 aromatic heterocycles. The van der Waals surface area contributed by atoms with Crippen LogP contribution in [0.3, 0.4) is 0 Å². The molecule has 0 rings (SSSR count). The predicted molar refractivity (Wildman–Crippen MR) is 81.6 cm³/mol. The number of aliphatic carboxylic acids is 1. The van der Waals surface area contributed by atoms with E-state index in [2.05, 4.69) is 5.32 Å². The van der Waals surface area contributed by atoms with Gasteiger partial charge >= 0.3 is 5.97 Å². The Balaban J connectivity index is 3.10. The average Bonchev–Trinajstić information content (AvgIpc) is 2.40. The maximum atomic E-state index is 11.1. The van der Waals surface area contributed by atoms with Crippen molar-refractivity contribution in [3.05, 3.63) is 12.2 Å². The van der Waals surface area contributed by atoms with Crippen LogP contribution >= 0.6 is 0 Å². The van der Waals surface area contributed by atoms with E-state index in [1.54, 1.807) is 12.2 Å². The maximum Gasteiger partial charge on any atom is 0.303 e. The first-order valence-electron chi connectivity index (χ1n) is 7.79. The molecule has 0 radical (unpaired) electrons. The van der Waals surface area contributed by atoms with Gasteiger partial charge in [-0.1, -0.05) is 51.0 Å². The van der Waals surface area contributed by atoms with Crippen LogP contribution in [0.5, 0.6) is 0 Å². The first kappa shape index (κ1) is 18.7. The third-order valence-corrected chi connectivity index (χ3v) is 3.18. The summed E-state index contributed by atoms with van der Waals surface area (Å²) in [6.45, 7) is 2.60. The van der Waals surface area contributed by atoms with Crippen LogP contribution in [0, 0.1) is 0 Å². The number of carbonyl (C=O) groups is 2. The third kappa shape index (κ3) is 14.7. The highest BCUT2D eigenvalue weighted by molar-refractivity contribution is 5.87. The smallest absolute Gasteiger partial charge is 0.303 e. The monoisotopic (exact) mass is 283 g/mol. The van der Waals surface area contributed by atoms with Crippen LogP contribution in [0.4, 0.5) is 0 Å². The standard InChI is InChI=1S/C16H29NO3/c1-2-12-15(18)17-14-11-9-7-5-3-4-6-8-10-13-16(19)20/h2,12H,3-11,13-14H2,1H3,(H,17,18)(H,19,20). The van der Waals surface area contributed by atoms with Crippen LogP contribution < -0.4 is 5.32 Å². The lowest BCUT2D eigenvalue weighted by atomic mass is 10.1. The highest BCUT2D eigenvalue weighted by Gasteiger charge is 1.97. The van der Waals surface area contributed by atoms with Gasteiger partial charge < -0.3 is 10.4 Å². The molecular weight excluding hydrogens is 254 g/mol. The zero-order chi connectivity index (χ0) is 15.1. The van der Waals surface area contributed by atoms with Crippen molar-refractivity contribution in [2.75, 3.05) is 6.54 Å². The zero-order valence-corrected chi connectivity index (χ0v) is 12.7. The Morgan fingerprint density at radius 3 is 1.90 bits per heavy atom. The van der Waals surface area contributed by atoms with E-state index in [0.717, 1.165) is 38.6 Å². The van der Waals surface area contributed by atoms with Gasteiger partial charge in [-0.3, -0.25) is 9.59 Å². The van der Waals surface area contributed by atoms with Gasteiger partial charge in [-0.15, -0.1) is 0 Å². The summed E-state index contributed by atoms with van der Waals surface area (Å²) in [6, 6.07) is 0. The second-order valence-corrected chi connectivity index (χ2v) is 5.12. The number of carboxylic acid groups (broad SMARTS) is 1. The summed E-state index contributed by atoms with van der Waals surface area (Å²) in [5, 5.41) is 11.3. The van der Waals surface area contributed by atoms with Gasteiger partial charge in [0.05, 0.1) is 0 Å². The summed E-state index contributed by atoms with van der Waals surface area (Å²) in [5.41, 5.74) is 0. The average molecular weight is 283 g/mol. The summed E-state index contributed by atoms with van der Waals surface area (Å²) in [5.74, 6) is -0.694. The van der Waals surface area contributed by atoms with Gasteiger partial charge in [-0.25, -0.2) is 0 Å². The van der Waals surface area contributed by atoms with E-state index in [1.807, 2.05) is 6.92 Å². The zero-order valence-electron chi connectivity index (χ0n) is 12.7. The van der Waals surface area contributed by atoms with Crippen molar-refractivity contribution in [3.8, 4) is 0 Å². The van der Waals surface area contributed by atoms with Gasteiger partial charge in [0.25, 0.3) is 0 Å². The molecule has 0 aliphatic carbocycles. The number of carboxylic acids is 1. The molecule has 116 valence electrons. The van der Waals surface area contributed by atoms with Gasteiger partial charge in [-0.2, -0.15) is 0 Å². The quantitative estimate of drug-likeness (QED) is 0.400. The van der Waals surface area contributed by atoms with Gasteiger partial charge in [-0.05, 0) is 25.8 Å². The molecule has 4 nitrogen and oxygen atoms in total. The first-order valence-corrected chi connectivity index (χ1v) is 7.79. The lowest BCUT2D eigenvalue weighted by Crippen LogP contribution is -2.21. The van der Waals surface area contributed by atoms with Crippen molar-refractivity contribution < 1.29 is 14.7 Å². The van der Waals surface area contributed by atoms with Crippen molar-refractivity contribution >= 4 is 11.9 Å². The molecule has 0 atom stereocenters. The number of nitrogens with one attached hydrogen (secondary N) is 1. The van der Waals surface area contributed by atoms with Gasteiger partial charge in [0.15, 0.2) is 0 Å². The number of amides is 1. The van der Waals surface area contributed by atoms with Crippen molar-refractivity contribution in [1.82, 2.24) is 5.32 Å². The Morgan fingerprint density at radius 2 is 1.40 bits per heavy atom. The summed E-state index contributed by atoms with van der Waals surface area (Å²) in [4.78, 5) is 21.4. The normalized spacial score (nSPS) is 10.8. The molecule has 4 heteroatoms. The van der Waals surface area contributed by atoms with Crippen LogP contribution in [0.25, 0.3) is 0 Å². The van der Waals surface area contributed by atoms with Gasteiger partial charge in [0.1, 0.15) is 0 Å². The predicted octanol–water partition coefficient (Wildman–Crippen LogP) is 3.66. The molecule has 0 saturated heterocycles. The number of carbonyl (C=O) groups excluding carboxylic acids is 1. The molecule has 0 saturated carbocycles. The summed E-state index contributed by atoms with van der Waals surface area (Å²) < 4.78 is 0. The number of hydrogen-bond donors (Lipinski definition) is 2.